The third-order valence-electron chi connectivity index (χ3n) is 1.64. The first-order valence-corrected chi connectivity index (χ1v) is 3.85. The van der Waals surface area contributed by atoms with E-state index in [0.29, 0.717) is 6.54 Å². The number of rotatable bonds is 4. The molecule has 1 aromatic rings. The van der Waals surface area contributed by atoms with Gasteiger partial charge >= 0.3 is 5.82 Å². The topological polar surface area (TPSA) is 85.9 Å². The van der Waals surface area contributed by atoms with Gasteiger partial charge in [0.1, 0.15) is 0 Å². The van der Waals surface area contributed by atoms with Crippen molar-refractivity contribution in [3.63, 3.8) is 0 Å². The zero-order valence-corrected chi connectivity index (χ0v) is 7.47. The van der Waals surface area contributed by atoms with Gasteiger partial charge in [0.05, 0.1) is 11.6 Å². The van der Waals surface area contributed by atoms with Crippen LogP contribution in [0, 0.1) is 10.1 Å². The molecular weight excluding hydrogens is 174 g/mol. The molecule has 1 aromatic heterocycles. The Morgan fingerprint density at radius 3 is 3.00 bits per heavy atom. The molecule has 13 heavy (non-hydrogen) atoms. The molecule has 0 aliphatic rings. The van der Waals surface area contributed by atoms with Gasteiger partial charge in [-0.1, -0.05) is 4.80 Å². The molecule has 0 aliphatic heterocycles. The lowest BCUT2D eigenvalue weighted by Gasteiger charge is -2.04. The van der Waals surface area contributed by atoms with Crippen LogP contribution >= 0.6 is 0 Å². The van der Waals surface area contributed by atoms with Gasteiger partial charge in [0, 0.05) is 6.04 Å². The lowest BCUT2D eigenvalue weighted by Crippen LogP contribution is -2.27. The standard InChI is InChI=1S/C6H11N5O2/c1-5(7-2)4-10-8-3-6(9-10)11(12)13/h3,5,7H,4H2,1-2H3. The van der Waals surface area contributed by atoms with E-state index in [-0.39, 0.29) is 11.9 Å². The largest absolute Gasteiger partial charge is 0.410 e. The second-order valence-corrected chi connectivity index (χ2v) is 2.70. The lowest BCUT2D eigenvalue weighted by molar-refractivity contribution is -0.389. The number of aromatic nitrogens is 3. The lowest BCUT2D eigenvalue weighted by atomic mass is 10.3. The number of nitro groups is 1. The van der Waals surface area contributed by atoms with Crippen LogP contribution in [0.2, 0.25) is 0 Å². The first-order valence-electron chi connectivity index (χ1n) is 3.85. The van der Waals surface area contributed by atoms with Crippen molar-refractivity contribution >= 4 is 5.82 Å². The van der Waals surface area contributed by atoms with Crippen LogP contribution in [0.4, 0.5) is 5.82 Å². The molecular formula is C6H11N5O2. The van der Waals surface area contributed by atoms with Gasteiger partial charge in [0.2, 0.25) is 0 Å². The molecule has 1 heterocycles. The molecule has 1 rings (SSSR count). The molecule has 1 atom stereocenters. The highest BCUT2D eigenvalue weighted by atomic mass is 16.6. The summed E-state index contributed by atoms with van der Waals surface area (Å²) in [6.45, 7) is 2.46. The van der Waals surface area contributed by atoms with Crippen LogP contribution < -0.4 is 5.32 Å². The summed E-state index contributed by atoms with van der Waals surface area (Å²) in [6.07, 6.45) is 1.14. The molecule has 0 spiro atoms. The number of nitrogens with one attached hydrogen (secondary N) is 1. The Morgan fingerprint density at radius 2 is 2.54 bits per heavy atom. The van der Waals surface area contributed by atoms with Crippen molar-refractivity contribution in [3.05, 3.63) is 16.3 Å². The highest BCUT2D eigenvalue weighted by molar-refractivity contribution is 5.07. The van der Waals surface area contributed by atoms with Crippen LogP contribution in [-0.2, 0) is 6.54 Å². The maximum absolute atomic E-state index is 10.2. The molecule has 0 amide bonds. The number of hydrogen-bond donors (Lipinski definition) is 1. The fourth-order valence-electron chi connectivity index (χ4n) is 0.796. The first kappa shape index (κ1) is 9.59. The Labute approximate surface area is 74.9 Å². The third kappa shape index (κ3) is 2.48. The van der Waals surface area contributed by atoms with E-state index in [4.69, 9.17) is 0 Å². The van der Waals surface area contributed by atoms with Crippen LogP contribution in [-0.4, -0.2) is 33.0 Å². The third-order valence-corrected chi connectivity index (χ3v) is 1.64. The molecule has 7 heteroatoms. The zero-order valence-electron chi connectivity index (χ0n) is 7.47. The Balaban J connectivity index is 2.64. The van der Waals surface area contributed by atoms with E-state index in [0.717, 1.165) is 6.20 Å². The van der Waals surface area contributed by atoms with Crippen LogP contribution in [0.15, 0.2) is 6.20 Å². The predicted molar refractivity (Wildman–Crippen MR) is 45.2 cm³/mol. The molecule has 0 saturated carbocycles. The Morgan fingerprint density at radius 1 is 1.85 bits per heavy atom. The Hall–Kier alpha value is -1.50. The van der Waals surface area contributed by atoms with Gasteiger partial charge in [-0.05, 0) is 18.9 Å². The summed E-state index contributed by atoms with van der Waals surface area (Å²) in [4.78, 5) is 11.0. The second kappa shape index (κ2) is 3.94. The molecule has 0 radical (unpaired) electrons. The molecule has 0 bridgehead atoms. The van der Waals surface area contributed by atoms with Gasteiger partial charge in [-0.3, -0.25) is 0 Å². The summed E-state index contributed by atoms with van der Waals surface area (Å²) in [5.41, 5.74) is 0. The van der Waals surface area contributed by atoms with E-state index in [2.05, 4.69) is 15.5 Å². The van der Waals surface area contributed by atoms with E-state index in [1.54, 1.807) is 0 Å². The predicted octanol–water partition coefficient (Wildman–Crippen LogP) is -0.206. The summed E-state index contributed by atoms with van der Waals surface area (Å²) >= 11 is 0. The first-order chi connectivity index (χ1) is 6.13. The molecule has 0 fully saturated rings. The molecule has 7 nitrogen and oxygen atoms in total. The highest BCUT2D eigenvalue weighted by Crippen LogP contribution is 2.02. The van der Waals surface area contributed by atoms with Gasteiger partial charge < -0.3 is 15.4 Å². The summed E-state index contributed by atoms with van der Waals surface area (Å²) in [5, 5.41) is 20.6. The zero-order chi connectivity index (χ0) is 9.84. The minimum absolute atomic E-state index is 0.187. The van der Waals surface area contributed by atoms with Gasteiger partial charge in [-0.15, -0.1) is 5.10 Å². The maximum Gasteiger partial charge on any atom is 0.410 e. The number of nitrogens with zero attached hydrogens (tertiary/aromatic N) is 4. The van der Waals surface area contributed by atoms with Crippen LogP contribution in [0.25, 0.3) is 0 Å². The highest BCUT2D eigenvalue weighted by Gasteiger charge is 2.13. The molecule has 72 valence electrons. The van der Waals surface area contributed by atoms with E-state index >= 15 is 0 Å². The fraction of sp³-hybridized carbons (Fsp3) is 0.667. The maximum atomic E-state index is 10.2. The summed E-state index contributed by atoms with van der Waals surface area (Å²) < 4.78 is 0. The van der Waals surface area contributed by atoms with Crippen molar-refractivity contribution in [1.82, 2.24) is 20.3 Å². The summed E-state index contributed by atoms with van der Waals surface area (Å²) in [6, 6.07) is 0.187. The van der Waals surface area contributed by atoms with E-state index < -0.39 is 4.92 Å². The Kier molecular flexibility index (Phi) is 2.91. The quantitative estimate of drug-likeness (QED) is 0.518. The Bertz CT molecular complexity index is 297. The average Bonchev–Trinajstić information content (AvgIpc) is 2.52. The van der Waals surface area contributed by atoms with Crippen LogP contribution in [0.3, 0.4) is 0 Å². The summed E-state index contributed by atoms with van der Waals surface area (Å²) in [5.74, 6) is -0.219. The second-order valence-electron chi connectivity index (χ2n) is 2.70. The fourth-order valence-corrected chi connectivity index (χ4v) is 0.796. The van der Waals surface area contributed by atoms with Crippen molar-refractivity contribution in [3.8, 4) is 0 Å². The van der Waals surface area contributed by atoms with Gasteiger partial charge in [-0.25, -0.2) is 0 Å². The SMILES string of the molecule is CNC(C)Cn1ncc([N+](=O)[O-])n1. The van der Waals surface area contributed by atoms with Crippen molar-refractivity contribution < 1.29 is 4.92 Å². The molecule has 0 saturated heterocycles. The minimum Gasteiger partial charge on any atom is -0.358 e. The molecule has 1 N–H and O–H groups in total. The van der Waals surface area contributed by atoms with Crippen molar-refractivity contribution in [1.29, 1.82) is 0 Å². The van der Waals surface area contributed by atoms with E-state index in [1.165, 1.54) is 4.80 Å². The van der Waals surface area contributed by atoms with E-state index in [1.807, 2.05) is 14.0 Å². The van der Waals surface area contributed by atoms with Gasteiger partial charge in [0.15, 0.2) is 6.20 Å². The number of hydrogen-bond acceptors (Lipinski definition) is 5. The summed E-state index contributed by atoms with van der Waals surface area (Å²) in [7, 11) is 1.81. The molecule has 0 aromatic carbocycles. The smallest absolute Gasteiger partial charge is 0.358 e. The van der Waals surface area contributed by atoms with E-state index in [9.17, 15) is 10.1 Å². The molecule has 1 unspecified atom stereocenters. The molecule has 0 aliphatic carbocycles. The average molecular weight is 185 g/mol. The monoisotopic (exact) mass is 185 g/mol. The van der Waals surface area contributed by atoms with Crippen molar-refractivity contribution in [2.75, 3.05) is 7.05 Å². The minimum atomic E-state index is -0.562. The van der Waals surface area contributed by atoms with Gasteiger partial charge in [-0.2, -0.15) is 0 Å². The normalized spacial score (nSPS) is 12.8. The number of likely N-dealkylation sites (N-methyl/N-ethyl adjacent to an activating group) is 1. The van der Waals surface area contributed by atoms with Crippen LogP contribution in [0.5, 0.6) is 0 Å². The van der Waals surface area contributed by atoms with Crippen LogP contribution in [0.1, 0.15) is 6.92 Å². The van der Waals surface area contributed by atoms with Crippen molar-refractivity contribution in [2.45, 2.75) is 19.5 Å². The van der Waals surface area contributed by atoms with Gasteiger partial charge in [0.25, 0.3) is 0 Å². The van der Waals surface area contributed by atoms with Crippen molar-refractivity contribution in [2.24, 2.45) is 0 Å².